The molecule has 0 aliphatic carbocycles. The molecule has 0 aliphatic heterocycles. The van der Waals surface area contributed by atoms with E-state index in [0.717, 1.165) is 0 Å². The van der Waals surface area contributed by atoms with Crippen molar-refractivity contribution in [2.75, 3.05) is 52.7 Å². The van der Waals surface area contributed by atoms with Gasteiger partial charge in [-0.05, 0) is 61.3 Å². The molecule has 10 heteroatoms. The Morgan fingerprint density at radius 2 is 1.21 bits per heavy atom. The number of ketones is 1. The lowest BCUT2D eigenvalue weighted by Crippen LogP contribution is -2.37. The molecule has 0 rings (SSSR count). The molecule has 0 aromatic heterocycles. The highest BCUT2D eigenvalue weighted by molar-refractivity contribution is 5.81. The molecule has 0 bridgehead atoms. The van der Waals surface area contributed by atoms with E-state index in [0.29, 0.717) is 72.0 Å². The number of Topliss-reactive ketones (excluding diaryl/α,β-unsaturated/α-hetero) is 1. The average Bonchev–Trinajstić information content (AvgIpc) is 2.80. The average molecular weight is 556 g/mol. The highest BCUT2D eigenvalue weighted by Gasteiger charge is 2.32. The summed E-state index contributed by atoms with van der Waals surface area (Å²) in [6.07, 6.45) is 1.64. The van der Waals surface area contributed by atoms with Gasteiger partial charge in [-0.25, -0.2) is 0 Å². The van der Waals surface area contributed by atoms with Crippen molar-refractivity contribution in [2.45, 2.75) is 99.2 Å². The number of hydrogen-bond donors (Lipinski definition) is 2. The second-order valence-electron chi connectivity index (χ2n) is 12.4. The van der Waals surface area contributed by atoms with Crippen LogP contribution in [0.5, 0.6) is 0 Å². The third kappa shape index (κ3) is 19.6. The number of rotatable bonds is 22. The van der Waals surface area contributed by atoms with Crippen molar-refractivity contribution in [2.24, 2.45) is 10.8 Å². The molecular weight excluding hydrogens is 502 g/mol. The predicted octanol–water partition coefficient (Wildman–Crippen LogP) is 3.57. The van der Waals surface area contributed by atoms with Gasteiger partial charge in [0.25, 0.3) is 0 Å². The number of carbonyl (C=O) groups is 3. The Labute approximate surface area is 235 Å². The number of nitrogens with zero attached hydrogens (tertiary/aromatic N) is 1. The molecular formula is C29H53N3O7. The topological polar surface area (TPSA) is 136 Å². The molecule has 0 saturated carbocycles. The maximum Gasteiger partial charge on any atom is 0.222 e. The lowest BCUT2D eigenvalue weighted by Gasteiger charge is -2.33. The summed E-state index contributed by atoms with van der Waals surface area (Å²) in [5.41, 5.74) is -2.03. The third-order valence-corrected chi connectivity index (χ3v) is 6.26. The fourth-order valence-electron chi connectivity index (χ4n) is 3.79. The minimum absolute atomic E-state index is 0.0988. The van der Waals surface area contributed by atoms with Crippen molar-refractivity contribution >= 4 is 17.6 Å². The van der Waals surface area contributed by atoms with E-state index in [-0.39, 0.29) is 24.0 Å². The van der Waals surface area contributed by atoms with Crippen LogP contribution in [0.15, 0.2) is 0 Å². The van der Waals surface area contributed by atoms with Crippen LogP contribution in [0.4, 0.5) is 0 Å². The minimum atomic E-state index is -0.650. The maximum atomic E-state index is 12.3. The Balaban J connectivity index is 3.88. The Bertz CT molecular complexity index is 801. The molecule has 0 radical (unpaired) electrons. The van der Waals surface area contributed by atoms with Crippen LogP contribution in [0, 0.1) is 22.2 Å². The van der Waals surface area contributed by atoms with Crippen LogP contribution < -0.4 is 10.6 Å². The zero-order valence-corrected chi connectivity index (χ0v) is 25.8. The number of hydrogen-bond acceptors (Lipinski definition) is 8. The molecule has 0 aromatic rings. The molecule has 0 unspecified atom stereocenters. The molecule has 0 fully saturated rings. The summed E-state index contributed by atoms with van der Waals surface area (Å²) in [5, 5.41) is 14.6. The highest BCUT2D eigenvalue weighted by atomic mass is 16.5. The molecule has 0 spiro atoms. The smallest absolute Gasteiger partial charge is 0.222 e. The second kappa shape index (κ2) is 17.6. The standard InChI is InChI=1S/C29H53N3O7/c1-23(33)27(4,5)21-29(8,9)39-19-17-37-15-13-32-25(35)20-28(6,7)38-18-16-36-14-12-31-24(34)10-11-26(2,3)22-30/h10-21H2,1-9H3,(H,31,34)(H,32,35). The molecule has 10 nitrogen and oxygen atoms in total. The van der Waals surface area contributed by atoms with E-state index in [1.807, 2.05) is 55.4 Å². The zero-order chi connectivity index (χ0) is 30.2. The van der Waals surface area contributed by atoms with E-state index in [1.165, 1.54) is 0 Å². The van der Waals surface area contributed by atoms with Crippen molar-refractivity contribution < 1.29 is 33.3 Å². The number of ether oxygens (including phenoxy) is 4. The van der Waals surface area contributed by atoms with Gasteiger partial charge in [-0.1, -0.05) is 13.8 Å². The van der Waals surface area contributed by atoms with Gasteiger partial charge in [-0.3, -0.25) is 14.4 Å². The van der Waals surface area contributed by atoms with Crippen LogP contribution in [-0.2, 0) is 33.3 Å². The predicted molar refractivity (Wildman–Crippen MR) is 150 cm³/mol. The summed E-state index contributed by atoms with van der Waals surface area (Å²) in [4.78, 5) is 35.8. The van der Waals surface area contributed by atoms with E-state index >= 15 is 0 Å². The van der Waals surface area contributed by atoms with Gasteiger partial charge in [0.15, 0.2) is 0 Å². The summed E-state index contributed by atoms with van der Waals surface area (Å²) in [5.74, 6) is -0.0889. The Kier molecular flexibility index (Phi) is 16.7. The zero-order valence-electron chi connectivity index (χ0n) is 25.8. The van der Waals surface area contributed by atoms with Gasteiger partial charge in [0.1, 0.15) is 5.78 Å². The SMILES string of the molecule is CC(=O)C(C)(C)CC(C)(C)OCCOCCNC(=O)CC(C)(C)OCCOCCNC(=O)CCC(C)(C)C#N. The Morgan fingerprint density at radius 3 is 1.69 bits per heavy atom. The van der Waals surface area contributed by atoms with Crippen LogP contribution in [-0.4, -0.2) is 81.5 Å². The lowest BCUT2D eigenvalue weighted by atomic mass is 9.79. The molecule has 0 atom stereocenters. The van der Waals surface area contributed by atoms with Crippen LogP contribution in [0.1, 0.15) is 88.0 Å². The van der Waals surface area contributed by atoms with Crippen molar-refractivity contribution in [3.8, 4) is 6.07 Å². The van der Waals surface area contributed by atoms with Crippen LogP contribution in [0.3, 0.4) is 0 Å². The normalized spacial score (nSPS) is 12.6. The van der Waals surface area contributed by atoms with Gasteiger partial charge in [-0.15, -0.1) is 0 Å². The summed E-state index contributed by atoms with van der Waals surface area (Å²) < 4.78 is 22.7. The largest absolute Gasteiger partial charge is 0.377 e. The monoisotopic (exact) mass is 555 g/mol. The number of nitriles is 1. The van der Waals surface area contributed by atoms with Crippen molar-refractivity contribution in [1.29, 1.82) is 5.26 Å². The molecule has 0 aromatic carbocycles. The molecule has 0 aliphatic rings. The first kappa shape index (κ1) is 36.9. The van der Waals surface area contributed by atoms with Crippen molar-refractivity contribution in [3.05, 3.63) is 0 Å². The number of carbonyl (C=O) groups excluding carboxylic acids is 3. The van der Waals surface area contributed by atoms with E-state index < -0.39 is 22.0 Å². The summed E-state index contributed by atoms with van der Waals surface area (Å²) in [7, 11) is 0. The Morgan fingerprint density at radius 1 is 0.718 bits per heavy atom. The molecule has 39 heavy (non-hydrogen) atoms. The third-order valence-electron chi connectivity index (χ3n) is 6.26. The first-order valence-corrected chi connectivity index (χ1v) is 13.8. The fraction of sp³-hybridized carbons (Fsp3) is 0.862. The first-order valence-electron chi connectivity index (χ1n) is 13.8. The van der Waals surface area contributed by atoms with Gasteiger partial charge in [0.2, 0.25) is 11.8 Å². The summed E-state index contributed by atoms with van der Waals surface area (Å²) >= 11 is 0. The fourth-order valence-corrected chi connectivity index (χ4v) is 3.79. The molecule has 0 saturated heterocycles. The van der Waals surface area contributed by atoms with Gasteiger partial charge >= 0.3 is 0 Å². The quantitative estimate of drug-likeness (QED) is 0.194. The number of nitrogens with one attached hydrogen (secondary N) is 2. The molecule has 2 amide bonds. The summed E-state index contributed by atoms with van der Waals surface area (Å²) in [6, 6.07) is 2.18. The second-order valence-corrected chi connectivity index (χ2v) is 12.4. The van der Waals surface area contributed by atoms with Gasteiger partial charge in [-0.2, -0.15) is 5.26 Å². The summed E-state index contributed by atoms with van der Waals surface area (Å²) in [6.45, 7) is 19.7. The van der Waals surface area contributed by atoms with E-state index in [4.69, 9.17) is 24.2 Å². The van der Waals surface area contributed by atoms with E-state index in [2.05, 4.69) is 16.7 Å². The van der Waals surface area contributed by atoms with Crippen LogP contribution in [0.2, 0.25) is 0 Å². The molecule has 226 valence electrons. The van der Waals surface area contributed by atoms with Crippen LogP contribution in [0.25, 0.3) is 0 Å². The molecule has 0 heterocycles. The van der Waals surface area contributed by atoms with E-state index in [1.54, 1.807) is 6.92 Å². The highest BCUT2D eigenvalue weighted by Crippen LogP contribution is 2.30. The van der Waals surface area contributed by atoms with E-state index in [9.17, 15) is 14.4 Å². The van der Waals surface area contributed by atoms with Gasteiger partial charge in [0.05, 0.1) is 68.7 Å². The van der Waals surface area contributed by atoms with Gasteiger partial charge in [0, 0.05) is 24.9 Å². The van der Waals surface area contributed by atoms with Crippen LogP contribution >= 0.6 is 0 Å². The minimum Gasteiger partial charge on any atom is -0.377 e. The Hall–Kier alpha value is -2.06. The van der Waals surface area contributed by atoms with Gasteiger partial charge < -0.3 is 29.6 Å². The maximum absolute atomic E-state index is 12.3. The number of amides is 2. The van der Waals surface area contributed by atoms with Crippen molar-refractivity contribution in [1.82, 2.24) is 10.6 Å². The molecule has 2 N–H and O–H groups in total. The van der Waals surface area contributed by atoms with Crippen molar-refractivity contribution in [3.63, 3.8) is 0 Å². The lowest BCUT2D eigenvalue weighted by molar-refractivity contribution is -0.131. The first-order chi connectivity index (χ1) is 17.9.